The van der Waals surface area contributed by atoms with Gasteiger partial charge >= 0.3 is 0 Å². The van der Waals surface area contributed by atoms with Gasteiger partial charge in [0.2, 0.25) is 5.91 Å². The van der Waals surface area contributed by atoms with Crippen molar-refractivity contribution in [3.63, 3.8) is 0 Å². The zero-order valence-electron chi connectivity index (χ0n) is 18.9. The molecule has 2 aromatic heterocycles. The summed E-state index contributed by atoms with van der Waals surface area (Å²) < 4.78 is 1.96. The first kappa shape index (κ1) is 21.3. The molecule has 1 unspecified atom stereocenters. The lowest BCUT2D eigenvalue weighted by atomic mass is 9.96. The maximum atomic E-state index is 12.7. The number of carbonyl (C=O) groups is 1. The summed E-state index contributed by atoms with van der Waals surface area (Å²) in [5, 5.41) is 18.1. The average Bonchev–Trinajstić information content (AvgIpc) is 3.12. The molecule has 3 heterocycles. The number of hydrogen-bond acceptors (Lipinski definition) is 5. The number of nitrogens with zero attached hydrogens (tertiary/aromatic N) is 5. The highest BCUT2D eigenvalue weighted by Gasteiger charge is 2.29. The standard InChI is InChI=1S/C24H32N6O/c1-16(2)12-13-25-24(31)19-9-8-14-29(15-19)23-22-21(17(3)26-27-23)18(4)30(28-22)20-10-6-5-7-11-20/h5-7,10-11,16,19H,8-9,12-15H2,1-4H3,(H,25,31). The van der Waals surface area contributed by atoms with Crippen LogP contribution in [-0.2, 0) is 4.79 Å². The molecule has 0 spiro atoms. The van der Waals surface area contributed by atoms with E-state index in [1.165, 1.54) is 0 Å². The molecule has 0 saturated carbocycles. The Morgan fingerprint density at radius 3 is 2.71 bits per heavy atom. The maximum absolute atomic E-state index is 12.7. The van der Waals surface area contributed by atoms with Gasteiger partial charge in [0, 0.05) is 19.6 Å². The summed E-state index contributed by atoms with van der Waals surface area (Å²) in [5.41, 5.74) is 3.80. The molecule has 1 aromatic carbocycles. The maximum Gasteiger partial charge on any atom is 0.224 e. The van der Waals surface area contributed by atoms with E-state index in [4.69, 9.17) is 5.10 Å². The van der Waals surface area contributed by atoms with Crippen LogP contribution in [-0.4, -0.2) is 45.5 Å². The summed E-state index contributed by atoms with van der Waals surface area (Å²) in [6, 6.07) is 10.1. The first-order valence-electron chi connectivity index (χ1n) is 11.3. The van der Waals surface area contributed by atoms with Gasteiger partial charge in [-0.15, -0.1) is 5.10 Å². The summed E-state index contributed by atoms with van der Waals surface area (Å²) in [6.45, 7) is 10.6. The topological polar surface area (TPSA) is 75.9 Å². The number of piperidine rings is 1. The lowest BCUT2D eigenvalue weighted by Crippen LogP contribution is -2.43. The summed E-state index contributed by atoms with van der Waals surface area (Å²) in [6.07, 6.45) is 2.87. The van der Waals surface area contributed by atoms with Crippen LogP contribution in [0.25, 0.3) is 16.6 Å². The van der Waals surface area contributed by atoms with Gasteiger partial charge in [-0.2, -0.15) is 10.2 Å². The van der Waals surface area contributed by atoms with Crippen molar-refractivity contribution in [1.82, 2.24) is 25.3 Å². The lowest BCUT2D eigenvalue weighted by Gasteiger charge is -2.32. The molecule has 1 aliphatic heterocycles. The second kappa shape index (κ2) is 9.04. The van der Waals surface area contributed by atoms with Crippen molar-refractivity contribution < 1.29 is 4.79 Å². The van der Waals surface area contributed by atoms with Gasteiger partial charge in [0.15, 0.2) is 5.82 Å². The van der Waals surface area contributed by atoms with Crippen molar-refractivity contribution in [2.75, 3.05) is 24.5 Å². The monoisotopic (exact) mass is 420 g/mol. The number of fused-ring (bicyclic) bond motifs is 1. The molecule has 4 rings (SSSR count). The van der Waals surface area contributed by atoms with E-state index < -0.39 is 0 Å². The van der Waals surface area contributed by atoms with Gasteiger partial charge in [0.1, 0.15) is 5.52 Å². The van der Waals surface area contributed by atoms with E-state index >= 15 is 0 Å². The van der Waals surface area contributed by atoms with Crippen LogP contribution < -0.4 is 10.2 Å². The number of aryl methyl sites for hydroxylation is 2. The molecule has 3 aromatic rings. The number of nitrogens with one attached hydrogen (secondary N) is 1. The molecule has 1 amide bonds. The van der Waals surface area contributed by atoms with E-state index in [1.807, 2.05) is 41.9 Å². The second-order valence-corrected chi connectivity index (χ2v) is 8.92. The summed E-state index contributed by atoms with van der Waals surface area (Å²) in [7, 11) is 0. The van der Waals surface area contributed by atoms with Gasteiger partial charge in [0.05, 0.1) is 28.4 Å². The van der Waals surface area contributed by atoms with Crippen molar-refractivity contribution in [3.8, 4) is 5.69 Å². The third kappa shape index (κ3) is 4.40. The van der Waals surface area contributed by atoms with Gasteiger partial charge in [-0.05, 0) is 51.2 Å². The Bertz CT molecular complexity index is 1060. The first-order valence-corrected chi connectivity index (χ1v) is 11.3. The minimum Gasteiger partial charge on any atom is -0.356 e. The molecule has 0 bridgehead atoms. The van der Waals surface area contributed by atoms with E-state index in [0.717, 1.165) is 66.1 Å². The van der Waals surface area contributed by atoms with Crippen molar-refractivity contribution in [3.05, 3.63) is 41.7 Å². The Balaban J connectivity index is 1.62. The Hall–Kier alpha value is -2.96. The number of aromatic nitrogens is 4. The largest absolute Gasteiger partial charge is 0.356 e. The number of benzene rings is 1. The van der Waals surface area contributed by atoms with E-state index in [0.29, 0.717) is 12.5 Å². The molecular formula is C24H32N6O. The van der Waals surface area contributed by atoms with E-state index in [9.17, 15) is 4.79 Å². The Kier molecular flexibility index (Phi) is 6.20. The molecule has 7 nitrogen and oxygen atoms in total. The van der Waals surface area contributed by atoms with Gasteiger partial charge in [-0.3, -0.25) is 4.79 Å². The van der Waals surface area contributed by atoms with Crippen LogP contribution in [0.4, 0.5) is 5.82 Å². The van der Waals surface area contributed by atoms with Crippen molar-refractivity contribution in [1.29, 1.82) is 0 Å². The number of hydrogen-bond donors (Lipinski definition) is 1. The van der Waals surface area contributed by atoms with Gasteiger partial charge in [-0.1, -0.05) is 32.0 Å². The molecule has 164 valence electrons. The van der Waals surface area contributed by atoms with Crippen LogP contribution in [0.5, 0.6) is 0 Å². The van der Waals surface area contributed by atoms with E-state index in [-0.39, 0.29) is 11.8 Å². The normalized spacial score (nSPS) is 16.8. The molecule has 1 saturated heterocycles. The third-order valence-electron chi connectivity index (χ3n) is 6.10. The van der Waals surface area contributed by atoms with Gasteiger partial charge < -0.3 is 10.2 Å². The SMILES string of the molecule is Cc1nnc(N2CCCC(C(=O)NCCC(C)C)C2)c2nn(-c3ccccc3)c(C)c12. The van der Waals surface area contributed by atoms with E-state index in [1.54, 1.807) is 0 Å². The van der Waals surface area contributed by atoms with E-state index in [2.05, 4.69) is 41.2 Å². The Morgan fingerprint density at radius 2 is 1.97 bits per heavy atom. The molecule has 7 heteroatoms. The van der Waals surface area contributed by atoms with Gasteiger partial charge in [-0.25, -0.2) is 4.68 Å². The first-order chi connectivity index (χ1) is 15.0. The Morgan fingerprint density at radius 1 is 1.19 bits per heavy atom. The molecule has 1 fully saturated rings. The van der Waals surface area contributed by atoms with Crippen LogP contribution in [0.2, 0.25) is 0 Å². The number of amides is 1. The summed E-state index contributed by atoms with van der Waals surface area (Å²) >= 11 is 0. The zero-order chi connectivity index (χ0) is 22.0. The number of carbonyl (C=O) groups excluding carboxylic acids is 1. The fourth-order valence-electron chi connectivity index (χ4n) is 4.36. The summed E-state index contributed by atoms with van der Waals surface area (Å²) in [5.74, 6) is 1.48. The van der Waals surface area contributed by atoms with Crippen molar-refractivity contribution >= 4 is 22.6 Å². The summed E-state index contributed by atoms with van der Waals surface area (Å²) in [4.78, 5) is 14.9. The second-order valence-electron chi connectivity index (χ2n) is 8.92. The molecule has 0 radical (unpaired) electrons. The molecular weight excluding hydrogens is 388 g/mol. The smallest absolute Gasteiger partial charge is 0.224 e. The third-order valence-corrected chi connectivity index (χ3v) is 6.10. The van der Waals surface area contributed by atoms with Crippen LogP contribution in [0, 0.1) is 25.7 Å². The molecule has 0 aliphatic carbocycles. The highest BCUT2D eigenvalue weighted by Crippen LogP contribution is 2.31. The van der Waals surface area contributed by atoms with Crippen LogP contribution in [0.3, 0.4) is 0 Å². The molecule has 1 N–H and O–H groups in total. The predicted molar refractivity (Wildman–Crippen MR) is 124 cm³/mol. The van der Waals surface area contributed by atoms with Crippen molar-refractivity contribution in [2.24, 2.45) is 11.8 Å². The number of rotatable bonds is 6. The number of anilines is 1. The Labute approximate surface area is 183 Å². The lowest BCUT2D eigenvalue weighted by molar-refractivity contribution is -0.125. The fourth-order valence-corrected chi connectivity index (χ4v) is 4.36. The quantitative estimate of drug-likeness (QED) is 0.656. The average molecular weight is 421 g/mol. The number of para-hydroxylation sites is 1. The minimum atomic E-state index is -0.0311. The zero-order valence-corrected chi connectivity index (χ0v) is 18.9. The molecule has 1 atom stereocenters. The van der Waals surface area contributed by atoms with Gasteiger partial charge in [0.25, 0.3) is 0 Å². The predicted octanol–water partition coefficient (Wildman–Crippen LogP) is 3.81. The van der Waals surface area contributed by atoms with Crippen LogP contribution >= 0.6 is 0 Å². The fraction of sp³-hybridized carbons (Fsp3) is 0.500. The highest BCUT2D eigenvalue weighted by molar-refractivity contribution is 5.92. The highest BCUT2D eigenvalue weighted by atomic mass is 16.1. The van der Waals surface area contributed by atoms with Crippen LogP contribution in [0.1, 0.15) is 44.5 Å². The molecule has 1 aliphatic rings. The molecule has 31 heavy (non-hydrogen) atoms. The minimum absolute atomic E-state index is 0.0311. The van der Waals surface area contributed by atoms with Crippen LogP contribution in [0.15, 0.2) is 30.3 Å². The van der Waals surface area contributed by atoms with Crippen molar-refractivity contribution in [2.45, 2.75) is 47.0 Å².